The number of carbonyl (C=O) groups is 1. The monoisotopic (exact) mass is 431 g/mol. The molecule has 0 atom stereocenters. The van der Waals surface area contributed by atoms with Crippen molar-refractivity contribution in [2.45, 2.75) is 5.16 Å². The van der Waals surface area contributed by atoms with Crippen LogP contribution in [0.25, 0.3) is 17.1 Å². The number of aromatic nitrogens is 3. The van der Waals surface area contributed by atoms with Gasteiger partial charge in [0.1, 0.15) is 0 Å². The number of rotatable bonds is 7. The normalized spacial score (nSPS) is 10.6. The first-order chi connectivity index (χ1) is 15.1. The molecule has 4 rings (SSSR count). The van der Waals surface area contributed by atoms with E-state index in [1.807, 2.05) is 60.7 Å². The van der Waals surface area contributed by atoms with E-state index >= 15 is 0 Å². The number of hydrogen-bond donors (Lipinski definition) is 1. The van der Waals surface area contributed by atoms with Crippen LogP contribution < -0.4 is 5.32 Å². The molecule has 0 radical (unpaired) electrons. The fraction of sp³-hybridized carbons (Fsp3) is 0.0455. The number of anilines is 1. The second-order valence-electron chi connectivity index (χ2n) is 6.48. The molecule has 31 heavy (non-hydrogen) atoms. The number of nitro groups is 1. The summed E-state index contributed by atoms with van der Waals surface area (Å²) < 4.78 is 1.75. The number of para-hydroxylation sites is 1. The predicted octanol–water partition coefficient (Wildman–Crippen LogP) is 4.57. The molecule has 1 amide bonds. The average molecular weight is 431 g/mol. The molecule has 1 aromatic heterocycles. The topological polar surface area (TPSA) is 103 Å². The number of benzene rings is 3. The van der Waals surface area contributed by atoms with Crippen LogP contribution in [-0.2, 0) is 4.79 Å². The molecule has 4 aromatic rings. The number of hydrogen-bond acceptors (Lipinski definition) is 6. The molecule has 0 fully saturated rings. The summed E-state index contributed by atoms with van der Waals surface area (Å²) in [7, 11) is 0. The Hall–Kier alpha value is -3.98. The van der Waals surface area contributed by atoms with Crippen LogP contribution in [0.15, 0.2) is 90.1 Å². The van der Waals surface area contributed by atoms with Gasteiger partial charge in [0.15, 0.2) is 5.82 Å². The third-order valence-electron chi connectivity index (χ3n) is 4.29. The Bertz CT molecular complexity index is 1160. The highest BCUT2D eigenvalue weighted by Gasteiger charge is 2.15. The standard InChI is InChI=1S/C22H17N5O3S/c28-20(23-17-10-7-13-19(14-17)27(29)30)15-31-22-24-21(16-8-3-1-4-9-16)26(25-22)18-11-5-2-6-12-18/h1-14H,15H2,(H,23,28). The van der Waals surface area contributed by atoms with Crippen LogP contribution in [0.5, 0.6) is 0 Å². The maximum Gasteiger partial charge on any atom is 0.271 e. The Morgan fingerprint density at radius 2 is 1.71 bits per heavy atom. The first kappa shape index (κ1) is 20.3. The Balaban J connectivity index is 1.51. The van der Waals surface area contributed by atoms with Gasteiger partial charge in [0.25, 0.3) is 5.69 Å². The minimum Gasteiger partial charge on any atom is -0.325 e. The highest BCUT2D eigenvalue weighted by molar-refractivity contribution is 7.99. The van der Waals surface area contributed by atoms with Crippen molar-refractivity contribution in [3.8, 4) is 17.1 Å². The molecule has 0 saturated carbocycles. The number of nitrogens with one attached hydrogen (secondary N) is 1. The zero-order valence-electron chi connectivity index (χ0n) is 16.2. The fourth-order valence-corrected chi connectivity index (χ4v) is 3.52. The molecule has 9 heteroatoms. The van der Waals surface area contributed by atoms with Crippen LogP contribution in [0.3, 0.4) is 0 Å². The maximum atomic E-state index is 12.3. The lowest BCUT2D eigenvalue weighted by Crippen LogP contribution is -2.14. The molecule has 0 aliphatic rings. The Morgan fingerprint density at radius 3 is 2.42 bits per heavy atom. The van der Waals surface area contributed by atoms with Crippen LogP contribution in [0.1, 0.15) is 0 Å². The van der Waals surface area contributed by atoms with Gasteiger partial charge in [-0.15, -0.1) is 5.10 Å². The number of non-ortho nitro benzene ring substituents is 1. The molecule has 0 aliphatic carbocycles. The quantitative estimate of drug-likeness (QED) is 0.261. The van der Waals surface area contributed by atoms with E-state index in [1.54, 1.807) is 10.7 Å². The molecule has 0 spiro atoms. The smallest absolute Gasteiger partial charge is 0.271 e. The third kappa shape index (κ3) is 4.96. The van der Waals surface area contributed by atoms with E-state index in [0.29, 0.717) is 16.7 Å². The molecular formula is C22H17N5O3S. The van der Waals surface area contributed by atoms with Crippen LogP contribution in [0.2, 0.25) is 0 Å². The number of nitrogens with zero attached hydrogens (tertiary/aromatic N) is 4. The van der Waals surface area contributed by atoms with E-state index in [1.165, 1.54) is 30.0 Å². The van der Waals surface area contributed by atoms with Crippen LogP contribution >= 0.6 is 11.8 Å². The third-order valence-corrected chi connectivity index (χ3v) is 5.13. The lowest BCUT2D eigenvalue weighted by Gasteiger charge is -2.05. The maximum absolute atomic E-state index is 12.3. The molecule has 8 nitrogen and oxygen atoms in total. The number of nitro benzene ring substituents is 1. The molecule has 1 heterocycles. The summed E-state index contributed by atoms with van der Waals surface area (Å²) in [6, 6.07) is 25.1. The summed E-state index contributed by atoms with van der Waals surface area (Å²) in [5, 5.41) is 18.6. The summed E-state index contributed by atoms with van der Waals surface area (Å²) in [5.74, 6) is 0.437. The Kier molecular flexibility index (Phi) is 6.04. The first-order valence-electron chi connectivity index (χ1n) is 9.35. The molecule has 3 aromatic carbocycles. The number of thioether (sulfide) groups is 1. The summed E-state index contributed by atoms with van der Waals surface area (Å²) in [5.41, 5.74) is 2.06. The van der Waals surface area contributed by atoms with Gasteiger partial charge in [0, 0.05) is 23.4 Å². The number of carbonyl (C=O) groups excluding carboxylic acids is 1. The van der Waals surface area contributed by atoms with E-state index in [9.17, 15) is 14.9 Å². The molecule has 0 bridgehead atoms. The van der Waals surface area contributed by atoms with Crippen LogP contribution in [0, 0.1) is 10.1 Å². The van der Waals surface area contributed by atoms with Crippen molar-refractivity contribution in [2.24, 2.45) is 0 Å². The molecule has 154 valence electrons. The van der Waals surface area contributed by atoms with Crippen LogP contribution in [-0.4, -0.2) is 31.3 Å². The van der Waals surface area contributed by atoms with E-state index in [4.69, 9.17) is 0 Å². The Labute approximate surface area is 182 Å². The minimum absolute atomic E-state index is 0.0652. The highest BCUT2D eigenvalue weighted by Crippen LogP contribution is 2.25. The van der Waals surface area contributed by atoms with Gasteiger partial charge >= 0.3 is 0 Å². The van der Waals surface area contributed by atoms with Crippen molar-refractivity contribution in [1.29, 1.82) is 0 Å². The van der Waals surface area contributed by atoms with E-state index in [-0.39, 0.29) is 17.3 Å². The van der Waals surface area contributed by atoms with Crippen molar-refractivity contribution in [1.82, 2.24) is 14.8 Å². The van der Waals surface area contributed by atoms with Gasteiger partial charge in [0.2, 0.25) is 11.1 Å². The van der Waals surface area contributed by atoms with Crippen molar-refractivity contribution < 1.29 is 9.72 Å². The van der Waals surface area contributed by atoms with Gasteiger partial charge < -0.3 is 5.32 Å². The van der Waals surface area contributed by atoms with E-state index in [2.05, 4.69) is 15.4 Å². The van der Waals surface area contributed by atoms with Crippen molar-refractivity contribution >= 4 is 29.0 Å². The second-order valence-corrected chi connectivity index (χ2v) is 7.42. The van der Waals surface area contributed by atoms with Crippen molar-refractivity contribution in [3.63, 3.8) is 0 Å². The summed E-state index contributed by atoms with van der Waals surface area (Å²) in [6.45, 7) is 0. The fourth-order valence-electron chi connectivity index (χ4n) is 2.90. The molecule has 0 aliphatic heterocycles. The van der Waals surface area contributed by atoms with E-state index in [0.717, 1.165) is 11.3 Å². The molecule has 0 saturated heterocycles. The minimum atomic E-state index is -0.504. The lowest BCUT2D eigenvalue weighted by atomic mass is 10.2. The summed E-state index contributed by atoms with van der Waals surface area (Å²) in [4.78, 5) is 27.3. The second kappa shape index (κ2) is 9.23. The van der Waals surface area contributed by atoms with Crippen LogP contribution in [0.4, 0.5) is 11.4 Å². The van der Waals surface area contributed by atoms with Gasteiger partial charge in [-0.05, 0) is 18.2 Å². The highest BCUT2D eigenvalue weighted by atomic mass is 32.2. The van der Waals surface area contributed by atoms with Gasteiger partial charge in [-0.3, -0.25) is 14.9 Å². The zero-order valence-corrected chi connectivity index (χ0v) is 17.0. The average Bonchev–Trinajstić information content (AvgIpc) is 3.23. The van der Waals surface area contributed by atoms with Crippen molar-refractivity contribution in [2.75, 3.05) is 11.1 Å². The van der Waals surface area contributed by atoms with Gasteiger partial charge in [0.05, 0.1) is 16.4 Å². The number of amides is 1. The zero-order chi connectivity index (χ0) is 21.6. The van der Waals surface area contributed by atoms with E-state index < -0.39 is 4.92 Å². The summed E-state index contributed by atoms with van der Waals surface area (Å²) in [6.07, 6.45) is 0. The largest absolute Gasteiger partial charge is 0.325 e. The SMILES string of the molecule is O=C(CSc1nc(-c2ccccc2)n(-c2ccccc2)n1)Nc1cccc([N+](=O)[O-])c1. The molecular weight excluding hydrogens is 414 g/mol. The lowest BCUT2D eigenvalue weighted by molar-refractivity contribution is -0.384. The van der Waals surface area contributed by atoms with Crippen molar-refractivity contribution in [3.05, 3.63) is 95.0 Å². The molecule has 1 N–H and O–H groups in total. The van der Waals surface area contributed by atoms with Gasteiger partial charge in [-0.1, -0.05) is 66.4 Å². The summed E-state index contributed by atoms with van der Waals surface area (Å²) >= 11 is 1.19. The Morgan fingerprint density at radius 1 is 1.00 bits per heavy atom. The molecule has 0 unspecified atom stereocenters. The first-order valence-corrected chi connectivity index (χ1v) is 10.3. The van der Waals surface area contributed by atoms with Gasteiger partial charge in [-0.2, -0.15) is 0 Å². The predicted molar refractivity (Wildman–Crippen MR) is 119 cm³/mol. The van der Waals surface area contributed by atoms with Gasteiger partial charge in [-0.25, -0.2) is 9.67 Å².